The van der Waals surface area contributed by atoms with Crippen molar-refractivity contribution in [3.63, 3.8) is 0 Å². The molecule has 1 saturated heterocycles. The molecule has 15 heavy (non-hydrogen) atoms. The SMILES string of the molecule is CC(C)[C@H]1CC[C@H](N2CCCC2=O)CC1. The van der Waals surface area contributed by atoms with E-state index < -0.39 is 0 Å². The van der Waals surface area contributed by atoms with Crippen LogP contribution in [0, 0.1) is 11.8 Å². The zero-order valence-corrected chi connectivity index (χ0v) is 10.0. The summed E-state index contributed by atoms with van der Waals surface area (Å²) in [5.74, 6) is 2.13. The molecule has 0 aromatic carbocycles. The summed E-state index contributed by atoms with van der Waals surface area (Å²) >= 11 is 0. The first-order chi connectivity index (χ1) is 7.18. The average Bonchev–Trinajstić information content (AvgIpc) is 2.65. The summed E-state index contributed by atoms with van der Waals surface area (Å²) in [6.45, 7) is 5.67. The summed E-state index contributed by atoms with van der Waals surface area (Å²) in [4.78, 5) is 13.8. The molecule has 2 nitrogen and oxygen atoms in total. The van der Waals surface area contributed by atoms with Crippen molar-refractivity contribution in [2.75, 3.05) is 6.54 Å². The van der Waals surface area contributed by atoms with Crippen molar-refractivity contribution in [2.45, 2.75) is 58.4 Å². The molecule has 1 aliphatic heterocycles. The van der Waals surface area contributed by atoms with Gasteiger partial charge >= 0.3 is 0 Å². The van der Waals surface area contributed by atoms with Crippen molar-refractivity contribution in [3.05, 3.63) is 0 Å². The van der Waals surface area contributed by atoms with E-state index in [0.717, 1.165) is 31.2 Å². The Morgan fingerprint density at radius 1 is 1.20 bits per heavy atom. The van der Waals surface area contributed by atoms with Gasteiger partial charge in [-0.15, -0.1) is 0 Å². The molecule has 0 unspecified atom stereocenters. The third kappa shape index (κ3) is 2.35. The zero-order chi connectivity index (χ0) is 10.8. The summed E-state index contributed by atoms with van der Waals surface area (Å²) in [5, 5.41) is 0. The van der Waals surface area contributed by atoms with Crippen LogP contribution in [0.15, 0.2) is 0 Å². The van der Waals surface area contributed by atoms with Crippen LogP contribution in [-0.2, 0) is 4.79 Å². The van der Waals surface area contributed by atoms with Gasteiger partial charge in [-0.05, 0) is 43.9 Å². The van der Waals surface area contributed by atoms with Gasteiger partial charge in [0.05, 0.1) is 0 Å². The van der Waals surface area contributed by atoms with Crippen LogP contribution in [0.3, 0.4) is 0 Å². The van der Waals surface area contributed by atoms with Gasteiger partial charge in [-0.3, -0.25) is 4.79 Å². The third-order valence-corrected chi connectivity index (χ3v) is 4.23. The van der Waals surface area contributed by atoms with E-state index in [2.05, 4.69) is 18.7 Å². The molecule has 0 radical (unpaired) electrons. The number of rotatable bonds is 2. The molecule has 1 saturated carbocycles. The minimum Gasteiger partial charge on any atom is -0.340 e. The fraction of sp³-hybridized carbons (Fsp3) is 0.923. The van der Waals surface area contributed by atoms with Crippen molar-refractivity contribution in [3.8, 4) is 0 Å². The molecular weight excluding hydrogens is 186 g/mol. The number of nitrogens with zero attached hydrogens (tertiary/aromatic N) is 1. The molecular formula is C13H23NO. The second kappa shape index (κ2) is 4.54. The number of hydrogen-bond acceptors (Lipinski definition) is 1. The van der Waals surface area contributed by atoms with Crippen molar-refractivity contribution in [1.82, 2.24) is 4.90 Å². The molecule has 0 aromatic heterocycles. The lowest BCUT2D eigenvalue weighted by Gasteiger charge is -2.36. The Morgan fingerprint density at radius 2 is 1.87 bits per heavy atom. The predicted molar refractivity (Wildman–Crippen MR) is 61.5 cm³/mol. The van der Waals surface area contributed by atoms with Crippen LogP contribution < -0.4 is 0 Å². The standard InChI is InChI=1S/C13H23NO/c1-10(2)11-5-7-12(8-6-11)14-9-3-4-13(14)15/h10-12H,3-9H2,1-2H3/t11-,12-. The highest BCUT2D eigenvalue weighted by Gasteiger charge is 2.31. The summed E-state index contributed by atoms with van der Waals surface area (Å²) in [6, 6.07) is 0.579. The summed E-state index contributed by atoms with van der Waals surface area (Å²) in [6.07, 6.45) is 7.02. The summed E-state index contributed by atoms with van der Waals surface area (Å²) in [7, 11) is 0. The lowest BCUT2D eigenvalue weighted by molar-refractivity contribution is -0.130. The molecule has 2 heteroatoms. The Balaban J connectivity index is 1.85. The van der Waals surface area contributed by atoms with Gasteiger partial charge in [0.25, 0.3) is 0 Å². The maximum Gasteiger partial charge on any atom is 0.222 e. The van der Waals surface area contributed by atoms with Crippen LogP contribution in [0.1, 0.15) is 52.4 Å². The molecule has 1 heterocycles. The van der Waals surface area contributed by atoms with Gasteiger partial charge in [0, 0.05) is 19.0 Å². The van der Waals surface area contributed by atoms with Crippen LogP contribution >= 0.6 is 0 Å². The third-order valence-electron chi connectivity index (χ3n) is 4.23. The summed E-state index contributed by atoms with van der Waals surface area (Å²) < 4.78 is 0. The maximum absolute atomic E-state index is 11.6. The van der Waals surface area contributed by atoms with E-state index in [0.29, 0.717) is 11.9 Å². The number of amides is 1. The molecule has 0 aromatic rings. The first-order valence-electron chi connectivity index (χ1n) is 6.48. The van der Waals surface area contributed by atoms with Crippen LogP contribution in [0.4, 0.5) is 0 Å². The van der Waals surface area contributed by atoms with Crippen LogP contribution in [0.5, 0.6) is 0 Å². The number of likely N-dealkylation sites (tertiary alicyclic amines) is 1. The highest BCUT2D eigenvalue weighted by atomic mass is 16.2. The molecule has 2 fully saturated rings. The van der Waals surface area contributed by atoms with Gasteiger partial charge in [-0.25, -0.2) is 0 Å². The zero-order valence-electron chi connectivity index (χ0n) is 10.0. The first-order valence-corrected chi connectivity index (χ1v) is 6.48. The van der Waals surface area contributed by atoms with E-state index in [1.807, 2.05) is 0 Å². The van der Waals surface area contributed by atoms with Gasteiger partial charge in [0.2, 0.25) is 5.91 Å². The van der Waals surface area contributed by atoms with Crippen LogP contribution in [0.25, 0.3) is 0 Å². The molecule has 86 valence electrons. The van der Waals surface area contributed by atoms with Crippen molar-refractivity contribution in [1.29, 1.82) is 0 Å². The molecule has 1 amide bonds. The number of carbonyl (C=O) groups excluding carboxylic acids is 1. The van der Waals surface area contributed by atoms with Crippen molar-refractivity contribution >= 4 is 5.91 Å². The van der Waals surface area contributed by atoms with Gasteiger partial charge < -0.3 is 4.90 Å². The van der Waals surface area contributed by atoms with Crippen molar-refractivity contribution in [2.24, 2.45) is 11.8 Å². The highest BCUT2D eigenvalue weighted by molar-refractivity contribution is 5.78. The normalized spacial score (nSPS) is 32.7. The topological polar surface area (TPSA) is 20.3 Å². The predicted octanol–water partition coefficient (Wildman–Crippen LogP) is 2.82. The van der Waals surface area contributed by atoms with E-state index in [1.54, 1.807) is 0 Å². The molecule has 0 spiro atoms. The Labute approximate surface area is 93.0 Å². The second-order valence-electron chi connectivity index (χ2n) is 5.50. The molecule has 2 rings (SSSR count). The smallest absolute Gasteiger partial charge is 0.222 e. The Kier molecular flexibility index (Phi) is 3.32. The number of hydrogen-bond donors (Lipinski definition) is 0. The Bertz CT molecular complexity index is 229. The average molecular weight is 209 g/mol. The number of carbonyl (C=O) groups is 1. The van der Waals surface area contributed by atoms with Gasteiger partial charge in [-0.2, -0.15) is 0 Å². The minimum absolute atomic E-state index is 0.406. The van der Waals surface area contributed by atoms with Gasteiger partial charge in [0.15, 0.2) is 0 Å². The highest BCUT2D eigenvalue weighted by Crippen LogP contribution is 2.33. The monoisotopic (exact) mass is 209 g/mol. The van der Waals surface area contributed by atoms with E-state index in [-0.39, 0.29) is 0 Å². The van der Waals surface area contributed by atoms with E-state index in [4.69, 9.17) is 0 Å². The van der Waals surface area contributed by atoms with E-state index in [9.17, 15) is 4.79 Å². The van der Waals surface area contributed by atoms with Crippen molar-refractivity contribution < 1.29 is 4.79 Å². The Morgan fingerprint density at radius 3 is 2.33 bits per heavy atom. The van der Waals surface area contributed by atoms with E-state index >= 15 is 0 Å². The molecule has 0 atom stereocenters. The second-order valence-corrected chi connectivity index (χ2v) is 5.50. The molecule has 0 N–H and O–H groups in total. The summed E-state index contributed by atoms with van der Waals surface area (Å²) in [5.41, 5.74) is 0. The molecule has 0 bridgehead atoms. The van der Waals surface area contributed by atoms with E-state index in [1.165, 1.54) is 25.7 Å². The quantitative estimate of drug-likeness (QED) is 0.685. The van der Waals surface area contributed by atoms with Crippen LogP contribution in [0.2, 0.25) is 0 Å². The fourth-order valence-corrected chi connectivity index (χ4v) is 3.14. The Hall–Kier alpha value is -0.530. The molecule has 2 aliphatic rings. The first kappa shape index (κ1) is 11.0. The van der Waals surface area contributed by atoms with Gasteiger partial charge in [0.1, 0.15) is 0 Å². The lowest BCUT2D eigenvalue weighted by Crippen LogP contribution is -2.39. The largest absolute Gasteiger partial charge is 0.340 e. The lowest BCUT2D eigenvalue weighted by atomic mass is 9.79. The molecule has 1 aliphatic carbocycles. The van der Waals surface area contributed by atoms with Gasteiger partial charge in [-0.1, -0.05) is 13.8 Å². The minimum atomic E-state index is 0.406. The maximum atomic E-state index is 11.6. The van der Waals surface area contributed by atoms with Crippen LogP contribution in [-0.4, -0.2) is 23.4 Å². The fourth-order valence-electron chi connectivity index (χ4n) is 3.14.